The van der Waals surface area contributed by atoms with Crippen LogP contribution in [0.25, 0.3) is 0 Å². The van der Waals surface area contributed by atoms with Gasteiger partial charge < -0.3 is 15.0 Å². The van der Waals surface area contributed by atoms with Crippen LogP contribution in [0.4, 0.5) is 5.69 Å². The van der Waals surface area contributed by atoms with Gasteiger partial charge >= 0.3 is 0 Å². The molecule has 41 heavy (non-hydrogen) atoms. The lowest BCUT2D eigenvalue weighted by atomic mass is 10.1. The summed E-state index contributed by atoms with van der Waals surface area (Å²) in [5.41, 5.74) is -0.115. The molecule has 3 aromatic rings. The number of nitrogens with zero attached hydrogens (tertiary/aromatic N) is 2. The maximum absolute atomic E-state index is 14.1. The Labute approximate surface area is 256 Å². The van der Waals surface area contributed by atoms with Crippen LogP contribution in [0.1, 0.15) is 33.3 Å². The minimum Gasteiger partial charge on any atom is -0.495 e. The van der Waals surface area contributed by atoms with Gasteiger partial charge in [0.15, 0.2) is 0 Å². The second-order valence-corrected chi connectivity index (χ2v) is 13.4. The van der Waals surface area contributed by atoms with Gasteiger partial charge in [-0.3, -0.25) is 13.9 Å². The van der Waals surface area contributed by atoms with Crippen LogP contribution >= 0.6 is 34.8 Å². The second kappa shape index (κ2) is 13.3. The van der Waals surface area contributed by atoms with Crippen LogP contribution in [-0.2, 0) is 26.2 Å². The molecule has 0 aliphatic heterocycles. The van der Waals surface area contributed by atoms with E-state index in [1.807, 2.05) is 20.8 Å². The topological polar surface area (TPSA) is 96.0 Å². The van der Waals surface area contributed by atoms with Crippen molar-refractivity contribution in [3.05, 3.63) is 87.4 Å². The Morgan fingerprint density at radius 1 is 0.951 bits per heavy atom. The normalized spacial score (nSPS) is 12.4. The average molecular weight is 641 g/mol. The summed E-state index contributed by atoms with van der Waals surface area (Å²) in [7, 11) is -2.92. The van der Waals surface area contributed by atoms with Crippen molar-refractivity contribution in [2.75, 3.05) is 18.0 Å². The van der Waals surface area contributed by atoms with E-state index in [0.29, 0.717) is 15.6 Å². The van der Waals surface area contributed by atoms with Gasteiger partial charge in [0.25, 0.3) is 10.0 Å². The largest absolute Gasteiger partial charge is 0.495 e. The molecule has 8 nitrogen and oxygen atoms in total. The van der Waals surface area contributed by atoms with Crippen LogP contribution in [0, 0.1) is 0 Å². The van der Waals surface area contributed by atoms with E-state index in [9.17, 15) is 18.0 Å². The molecule has 0 heterocycles. The summed E-state index contributed by atoms with van der Waals surface area (Å²) in [6, 6.07) is 16.0. The summed E-state index contributed by atoms with van der Waals surface area (Å²) in [6.45, 7) is 6.17. The number of benzene rings is 3. The number of halogens is 3. The summed E-state index contributed by atoms with van der Waals surface area (Å²) >= 11 is 19.1. The first-order chi connectivity index (χ1) is 19.2. The zero-order valence-electron chi connectivity index (χ0n) is 23.3. The molecular weight excluding hydrogens is 609 g/mol. The summed E-state index contributed by atoms with van der Waals surface area (Å²) in [4.78, 5) is 28.6. The predicted molar refractivity (Wildman–Crippen MR) is 163 cm³/mol. The Balaban J connectivity index is 2.14. The summed E-state index contributed by atoms with van der Waals surface area (Å²) in [5.74, 6) is -0.938. The fourth-order valence-corrected chi connectivity index (χ4v) is 6.12. The highest BCUT2D eigenvalue weighted by Crippen LogP contribution is 2.35. The molecule has 3 aromatic carbocycles. The lowest BCUT2D eigenvalue weighted by Crippen LogP contribution is -2.54. The molecule has 1 atom stereocenters. The number of nitrogens with one attached hydrogen (secondary N) is 1. The molecule has 0 unspecified atom stereocenters. The number of hydrogen-bond donors (Lipinski definition) is 1. The highest BCUT2D eigenvalue weighted by Gasteiger charge is 2.35. The van der Waals surface area contributed by atoms with Gasteiger partial charge in [-0.15, -0.1) is 0 Å². The first-order valence-corrected chi connectivity index (χ1v) is 15.2. The van der Waals surface area contributed by atoms with Crippen molar-refractivity contribution in [3.63, 3.8) is 0 Å². The highest BCUT2D eigenvalue weighted by molar-refractivity contribution is 7.92. The number of anilines is 1. The Hall–Kier alpha value is -2.98. The molecule has 0 aliphatic rings. The second-order valence-electron chi connectivity index (χ2n) is 10.3. The van der Waals surface area contributed by atoms with Crippen molar-refractivity contribution in [1.82, 2.24) is 10.2 Å². The SMILES string of the molecule is COc1ccc(Cl)cc1N(CC(=O)N(Cc1c(Cl)cccc1Cl)[C@H](C)C(=O)NC(C)(C)C)S(=O)(=O)c1ccccc1. The number of ether oxygens (including phenoxy) is 1. The van der Waals surface area contributed by atoms with Crippen LogP contribution in [-0.4, -0.2) is 50.4 Å². The van der Waals surface area contributed by atoms with Gasteiger partial charge in [0.2, 0.25) is 11.8 Å². The molecule has 0 radical (unpaired) electrons. The number of methoxy groups -OCH3 is 1. The zero-order chi connectivity index (χ0) is 30.5. The minimum absolute atomic E-state index is 0.0472. The summed E-state index contributed by atoms with van der Waals surface area (Å²) in [5, 5.41) is 3.69. The van der Waals surface area contributed by atoms with E-state index >= 15 is 0 Å². The summed E-state index contributed by atoms with van der Waals surface area (Å²) in [6.07, 6.45) is 0. The number of hydrogen-bond acceptors (Lipinski definition) is 5. The number of rotatable bonds is 10. The Morgan fingerprint density at radius 2 is 1.56 bits per heavy atom. The lowest BCUT2D eigenvalue weighted by molar-refractivity contribution is -0.140. The highest BCUT2D eigenvalue weighted by atomic mass is 35.5. The average Bonchev–Trinajstić information content (AvgIpc) is 2.90. The first kappa shape index (κ1) is 32.5. The third-order valence-corrected chi connectivity index (χ3v) is 8.79. The predicted octanol–water partition coefficient (Wildman–Crippen LogP) is 6.18. The third-order valence-electron chi connectivity index (χ3n) is 6.08. The van der Waals surface area contributed by atoms with Crippen molar-refractivity contribution in [2.45, 2.75) is 50.7 Å². The van der Waals surface area contributed by atoms with Crippen LogP contribution < -0.4 is 14.4 Å². The van der Waals surface area contributed by atoms with Crippen LogP contribution in [0.15, 0.2) is 71.6 Å². The molecule has 12 heteroatoms. The maximum atomic E-state index is 14.1. The van der Waals surface area contributed by atoms with Crippen LogP contribution in [0.3, 0.4) is 0 Å². The van der Waals surface area contributed by atoms with Crippen molar-refractivity contribution in [3.8, 4) is 5.75 Å². The minimum atomic E-state index is -4.30. The first-order valence-electron chi connectivity index (χ1n) is 12.6. The molecular formula is C29H32Cl3N3O5S. The van der Waals surface area contributed by atoms with Crippen molar-refractivity contribution in [2.24, 2.45) is 0 Å². The molecule has 0 aromatic heterocycles. The Morgan fingerprint density at radius 3 is 2.12 bits per heavy atom. The molecule has 0 bridgehead atoms. The van der Waals surface area contributed by atoms with E-state index < -0.39 is 40.0 Å². The fourth-order valence-electron chi connectivity index (χ4n) is 4.00. The molecule has 0 saturated heterocycles. The monoisotopic (exact) mass is 639 g/mol. The van der Waals surface area contributed by atoms with E-state index in [0.717, 1.165) is 4.31 Å². The van der Waals surface area contributed by atoms with Gasteiger partial charge in [-0.25, -0.2) is 8.42 Å². The van der Waals surface area contributed by atoms with Crippen molar-refractivity contribution < 1.29 is 22.7 Å². The maximum Gasteiger partial charge on any atom is 0.264 e. The van der Waals surface area contributed by atoms with E-state index in [4.69, 9.17) is 39.5 Å². The van der Waals surface area contributed by atoms with Gasteiger partial charge in [0.05, 0.1) is 17.7 Å². The molecule has 2 amide bonds. The van der Waals surface area contributed by atoms with Crippen molar-refractivity contribution in [1.29, 1.82) is 0 Å². The molecule has 0 spiro atoms. The third kappa shape index (κ3) is 8.07. The van der Waals surface area contributed by atoms with E-state index in [1.165, 1.54) is 36.3 Å². The van der Waals surface area contributed by atoms with E-state index in [2.05, 4.69) is 5.32 Å². The van der Waals surface area contributed by atoms with Gasteiger partial charge in [-0.2, -0.15) is 0 Å². The van der Waals surface area contributed by atoms with E-state index in [1.54, 1.807) is 49.4 Å². The number of amides is 2. The number of sulfonamides is 1. The zero-order valence-corrected chi connectivity index (χ0v) is 26.4. The molecule has 1 N–H and O–H groups in total. The summed E-state index contributed by atoms with van der Waals surface area (Å²) < 4.78 is 34.3. The lowest BCUT2D eigenvalue weighted by Gasteiger charge is -2.34. The number of carbonyl (C=O) groups is 2. The fraction of sp³-hybridized carbons (Fsp3) is 0.310. The molecule has 220 valence electrons. The van der Waals surface area contributed by atoms with E-state index in [-0.39, 0.29) is 27.9 Å². The quantitative estimate of drug-likeness (QED) is 0.286. The Kier molecular flexibility index (Phi) is 10.6. The van der Waals surface area contributed by atoms with Gasteiger partial charge in [-0.05, 0) is 70.2 Å². The van der Waals surface area contributed by atoms with Gasteiger partial charge in [0.1, 0.15) is 18.3 Å². The molecule has 0 fully saturated rings. The van der Waals surface area contributed by atoms with Crippen molar-refractivity contribution >= 4 is 62.3 Å². The Bertz CT molecular complexity index is 1490. The van der Waals surface area contributed by atoms with Gasteiger partial charge in [-0.1, -0.05) is 59.1 Å². The molecule has 0 aliphatic carbocycles. The number of carbonyl (C=O) groups excluding carboxylic acids is 2. The van der Waals surface area contributed by atoms with Crippen LogP contribution in [0.5, 0.6) is 5.75 Å². The molecule has 0 saturated carbocycles. The van der Waals surface area contributed by atoms with Crippen LogP contribution in [0.2, 0.25) is 15.1 Å². The smallest absolute Gasteiger partial charge is 0.264 e. The molecule has 3 rings (SSSR count). The van der Waals surface area contributed by atoms with Gasteiger partial charge in [0, 0.05) is 32.7 Å². The standard InChI is InChI=1S/C29H32Cl3N3O5S/c1-19(28(37)33-29(2,3)4)34(17-22-23(31)12-9-13-24(22)32)27(36)18-35(25-16-20(30)14-15-26(25)40-5)41(38,39)21-10-7-6-8-11-21/h6-16,19H,17-18H2,1-5H3,(H,33,37)/t19-/m1/s1.